The van der Waals surface area contributed by atoms with Crippen LogP contribution in [-0.4, -0.2) is 33.4 Å². The molecule has 162 valence electrons. The molecule has 1 heterocycles. The molecule has 0 saturated heterocycles. The number of aromatic nitrogens is 2. The largest absolute Gasteiger partial charge is 0.478 e. The van der Waals surface area contributed by atoms with Gasteiger partial charge in [-0.25, -0.2) is 4.79 Å². The molecule has 0 fully saturated rings. The van der Waals surface area contributed by atoms with Crippen LogP contribution in [0.5, 0.6) is 5.88 Å². The fourth-order valence-corrected chi connectivity index (χ4v) is 2.95. The lowest BCUT2D eigenvalue weighted by Gasteiger charge is -2.12. The predicted molar refractivity (Wildman–Crippen MR) is 106 cm³/mol. The minimum atomic E-state index is -4.73. The molecule has 1 aromatic heterocycles. The van der Waals surface area contributed by atoms with E-state index in [1.165, 1.54) is 37.3 Å². The molecule has 3 aromatic rings. The first-order valence-electron chi connectivity index (χ1n) is 8.75. The summed E-state index contributed by atoms with van der Waals surface area (Å²) in [5.41, 5.74) is -0.508. The molecule has 31 heavy (non-hydrogen) atoms. The molecule has 11 heteroatoms. The van der Waals surface area contributed by atoms with E-state index in [0.29, 0.717) is 11.6 Å². The number of halogens is 4. The molecule has 3 rings (SSSR count). The maximum atomic E-state index is 13.1. The third-order valence-corrected chi connectivity index (χ3v) is 4.56. The number of ether oxygens (including phenoxy) is 1. The minimum Gasteiger partial charge on any atom is -0.478 e. The van der Waals surface area contributed by atoms with Gasteiger partial charge < -0.3 is 15.2 Å². The average Bonchev–Trinajstić information content (AvgIpc) is 3.12. The van der Waals surface area contributed by atoms with Crippen LogP contribution in [0.2, 0.25) is 5.02 Å². The lowest BCUT2D eigenvalue weighted by molar-refractivity contribution is -0.141. The molecule has 0 bridgehead atoms. The first-order chi connectivity index (χ1) is 14.6. The fraction of sp³-hybridized carbons (Fsp3) is 0.150. The standard InChI is InChI=1S/C20H15ClF3N3O4/c1-11-12(19(29)30)5-4-7-14(11)25-17(28)10-31-18-9-16(20(22,23)24)26-27(18)15-8-3-2-6-13(15)21/h2-9H,10H2,1H3,(H,25,28)(H,29,30). The highest BCUT2D eigenvalue weighted by atomic mass is 35.5. The van der Waals surface area contributed by atoms with Crippen molar-refractivity contribution < 1.29 is 32.6 Å². The highest BCUT2D eigenvalue weighted by Crippen LogP contribution is 2.33. The number of carboxylic acid groups (broad SMARTS) is 1. The number of amides is 1. The minimum absolute atomic E-state index is 0.00494. The van der Waals surface area contributed by atoms with Gasteiger partial charge >= 0.3 is 12.1 Å². The zero-order valence-electron chi connectivity index (χ0n) is 15.9. The summed E-state index contributed by atoms with van der Waals surface area (Å²) in [6.07, 6.45) is -4.73. The molecule has 1 amide bonds. The van der Waals surface area contributed by atoms with E-state index in [1.54, 1.807) is 12.1 Å². The zero-order valence-corrected chi connectivity index (χ0v) is 16.7. The van der Waals surface area contributed by atoms with Crippen molar-refractivity contribution >= 4 is 29.2 Å². The number of nitrogens with zero attached hydrogens (tertiary/aromatic N) is 2. The maximum absolute atomic E-state index is 13.1. The summed E-state index contributed by atoms with van der Waals surface area (Å²) in [7, 11) is 0. The van der Waals surface area contributed by atoms with Gasteiger partial charge in [0.15, 0.2) is 12.3 Å². The highest BCUT2D eigenvalue weighted by molar-refractivity contribution is 6.32. The van der Waals surface area contributed by atoms with Crippen molar-refractivity contribution in [2.75, 3.05) is 11.9 Å². The molecular weight excluding hydrogens is 439 g/mol. The molecule has 0 aliphatic heterocycles. The molecule has 0 atom stereocenters. The quantitative estimate of drug-likeness (QED) is 0.570. The van der Waals surface area contributed by atoms with E-state index in [0.717, 1.165) is 4.68 Å². The lowest BCUT2D eigenvalue weighted by Crippen LogP contribution is -2.22. The number of hydrogen-bond acceptors (Lipinski definition) is 4. The molecule has 0 aliphatic carbocycles. The van der Waals surface area contributed by atoms with Gasteiger partial charge in [-0.2, -0.15) is 23.0 Å². The number of carbonyl (C=O) groups excluding carboxylic acids is 1. The van der Waals surface area contributed by atoms with Crippen LogP contribution in [0.1, 0.15) is 21.6 Å². The smallest absolute Gasteiger partial charge is 0.435 e. The van der Waals surface area contributed by atoms with Gasteiger partial charge in [0.25, 0.3) is 5.91 Å². The number of alkyl halides is 3. The Morgan fingerprint density at radius 1 is 1.19 bits per heavy atom. The number of rotatable bonds is 6. The van der Waals surface area contributed by atoms with Crippen molar-refractivity contribution in [2.45, 2.75) is 13.1 Å². The molecule has 0 aliphatic rings. The predicted octanol–water partition coefficient (Wildman–Crippen LogP) is 4.57. The van der Waals surface area contributed by atoms with Gasteiger partial charge in [0.2, 0.25) is 5.88 Å². The van der Waals surface area contributed by atoms with E-state index >= 15 is 0 Å². The van der Waals surface area contributed by atoms with Gasteiger partial charge in [0.1, 0.15) is 0 Å². The van der Waals surface area contributed by atoms with Gasteiger partial charge in [-0.15, -0.1) is 0 Å². The number of anilines is 1. The molecule has 0 spiro atoms. The summed E-state index contributed by atoms with van der Waals surface area (Å²) in [5.74, 6) is -2.20. The van der Waals surface area contributed by atoms with Crippen molar-refractivity contribution in [3.63, 3.8) is 0 Å². The summed E-state index contributed by atoms with van der Waals surface area (Å²) >= 11 is 6.06. The maximum Gasteiger partial charge on any atom is 0.435 e. The summed E-state index contributed by atoms with van der Waals surface area (Å²) < 4.78 is 45.6. The van der Waals surface area contributed by atoms with Crippen LogP contribution >= 0.6 is 11.6 Å². The van der Waals surface area contributed by atoms with Gasteiger partial charge in [-0.05, 0) is 36.8 Å². The first-order valence-corrected chi connectivity index (χ1v) is 9.13. The number of carbonyl (C=O) groups is 2. The van der Waals surface area contributed by atoms with Crippen molar-refractivity contribution in [2.24, 2.45) is 0 Å². The summed E-state index contributed by atoms with van der Waals surface area (Å²) in [6.45, 7) is 0.867. The Balaban J connectivity index is 1.82. The van der Waals surface area contributed by atoms with Gasteiger partial charge in [-0.1, -0.05) is 29.8 Å². The number of hydrogen-bond donors (Lipinski definition) is 2. The average molecular weight is 454 g/mol. The van der Waals surface area contributed by atoms with Crippen LogP contribution in [-0.2, 0) is 11.0 Å². The molecular formula is C20H15ClF3N3O4. The van der Waals surface area contributed by atoms with Crippen LogP contribution < -0.4 is 10.1 Å². The second kappa shape index (κ2) is 8.68. The fourth-order valence-electron chi connectivity index (χ4n) is 2.73. The molecule has 2 N–H and O–H groups in total. The molecule has 0 radical (unpaired) electrons. The molecule has 0 saturated carbocycles. The second-order valence-corrected chi connectivity index (χ2v) is 6.76. The van der Waals surface area contributed by atoms with E-state index in [9.17, 15) is 22.8 Å². The van der Waals surface area contributed by atoms with Crippen molar-refractivity contribution in [1.82, 2.24) is 9.78 Å². The Hall–Kier alpha value is -3.53. The van der Waals surface area contributed by atoms with Crippen molar-refractivity contribution in [1.29, 1.82) is 0 Å². The van der Waals surface area contributed by atoms with E-state index in [1.807, 2.05) is 0 Å². The molecule has 0 unspecified atom stereocenters. The SMILES string of the molecule is Cc1c(NC(=O)COc2cc(C(F)(F)F)nn2-c2ccccc2Cl)cccc1C(=O)O. The lowest BCUT2D eigenvalue weighted by atomic mass is 10.1. The Morgan fingerprint density at radius 2 is 1.90 bits per heavy atom. The number of aromatic carboxylic acids is 1. The van der Waals surface area contributed by atoms with Gasteiger partial charge in [0.05, 0.1) is 16.3 Å². The first kappa shape index (κ1) is 22.2. The summed E-state index contributed by atoms with van der Waals surface area (Å²) in [4.78, 5) is 23.5. The normalized spacial score (nSPS) is 11.3. The van der Waals surface area contributed by atoms with Crippen LogP contribution in [0.15, 0.2) is 48.5 Å². The van der Waals surface area contributed by atoms with Crippen LogP contribution in [0.3, 0.4) is 0 Å². The zero-order chi connectivity index (χ0) is 22.8. The van der Waals surface area contributed by atoms with Gasteiger partial charge in [0, 0.05) is 11.8 Å². The van der Waals surface area contributed by atoms with E-state index in [4.69, 9.17) is 21.4 Å². The van der Waals surface area contributed by atoms with E-state index < -0.39 is 30.4 Å². The monoisotopic (exact) mass is 453 g/mol. The number of nitrogens with one attached hydrogen (secondary N) is 1. The van der Waals surface area contributed by atoms with Crippen LogP contribution in [0.25, 0.3) is 5.69 Å². The van der Waals surface area contributed by atoms with Crippen molar-refractivity contribution in [3.05, 3.63) is 70.4 Å². The van der Waals surface area contributed by atoms with Gasteiger partial charge in [-0.3, -0.25) is 4.79 Å². The molecule has 7 nitrogen and oxygen atoms in total. The summed E-state index contributed by atoms with van der Waals surface area (Å²) in [6, 6.07) is 11.1. The number of benzene rings is 2. The van der Waals surface area contributed by atoms with E-state index in [-0.39, 0.29) is 27.8 Å². The Morgan fingerprint density at radius 3 is 2.55 bits per heavy atom. The topological polar surface area (TPSA) is 93.5 Å². The molecule has 2 aromatic carbocycles. The third-order valence-electron chi connectivity index (χ3n) is 4.24. The second-order valence-electron chi connectivity index (χ2n) is 6.35. The third kappa shape index (κ3) is 4.97. The summed E-state index contributed by atoms with van der Waals surface area (Å²) in [5, 5.41) is 15.3. The van der Waals surface area contributed by atoms with Crippen LogP contribution in [0.4, 0.5) is 18.9 Å². The highest BCUT2D eigenvalue weighted by Gasteiger charge is 2.36. The Kier molecular flexibility index (Phi) is 6.21. The van der Waals surface area contributed by atoms with Crippen molar-refractivity contribution in [3.8, 4) is 11.6 Å². The Bertz CT molecular complexity index is 1140. The Labute approximate surface area is 179 Å². The van der Waals surface area contributed by atoms with E-state index in [2.05, 4.69) is 10.4 Å². The van der Waals surface area contributed by atoms with Crippen LogP contribution in [0, 0.1) is 6.92 Å². The number of carboxylic acids is 1. The number of para-hydroxylation sites is 1.